The Morgan fingerprint density at radius 3 is 2.70 bits per heavy atom. The summed E-state index contributed by atoms with van der Waals surface area (Å²) >= 11 is 11.8. The fraction of sp³-hybridized carbons (Fsp3) is 0.333. The first-order chi connectivity index (χ1) is 9.45. The van der Waals surface area contributed by atoms with E-state index >= 15 is 0 Å². The highest BCUT2D eigenvalue weighted by Gasteiger charge is 2.19. The number of hydrogen-bond acceptors (Lipinski definition) is 3. The van der Waals surface area contributed by atoms with Crippen LogP contribution in [0.5, 0.6) is 0 Å². The standard InChI is InChI=1S/C12H15Cl2N3O3/c13-7-2-1-3-8(11(7)14)17-10(18)6-9(12(19)20)16-5-4-15/h1-3,9,16H,4-6,15H2,(H,17,18)(H,19,20)/p+1/t9-/m1/s1. The molecule has 0 aromatic heterocycles. The number of hydrogen-bond donors (Lipinski definition) is 3. The summed E-state index contributed by atoms with van der Waals surface area (Å²) in [5.74, 6) is -1.76. The molecule has 110 valence electrons. The van der Waals surface area contributed by atoms with Gasteiger partial charge in [0.2, 0.25) is 5.91 Å². The molecular weight excluding hydrogens is 305 g/mol. The maximum absolute atomic E-state index is 11.8. The first-order valence-corrected chi connectivity index (χ1v) is 6.78. The van der Waals surface area contributed by atoms with Crippen LogP contribution in [0.3, 0.4) is 0 Å². The number of quaternary nitrogens is 2. The fourth-order valence-electron chi connectivity index (χ4n) is 1.58. The molecule has 0 unspecified atom stereocenters. The summed E-state index contributed by atoms with van der Waals surface area (Å²) in [6.07, 6.45) is -0.217. The van der Waals surface area contributed by atoms with E-state index in [1.807, 2.05) is 0 Å². The van der Waals surface area contributed by atoms with Crippen LogP contribution in [-0.4, -0.2) is 31.0 Å². The van der Waals surface area contributed by atoms with Crippen molar-refractivity contribution in [3.63, 3.8) is 0 Å². The predicted octanol–water partition coefficient (Wildman–Crippen LogP) is -1.75. The van der Waals surface area contributed by atoms with Crippen LogP contribution in [0.15, 0.2) is 18.2 Å². The molecule has 1 aromatic carbocycles. The molecule has 0 spiro atoms. The highest BCUT2D eigenvalue weighted by molar-refractivity contribution is 6.43. The van der Waals surface area contributed by atoms with Crippen LogP contribution in [0.2, 0.25) is 10.0 Å². The minimum absolute atomic E-state index is 0.217. The zero-order chi connectivity index (χ0) is 15.1. The van der Waals surface area contributed by atoms with Gasteiger partial charge in [-0.15, -0.1) is 0 Å². The normalized spacial score (nSPS) is 11.9. The number of benzene rings is 1. The third kappa shape index (κ3) is 4.97. The Kier molecular flexibility index (Phi) is 6.74. The van der Waals surface area contributed by atoms with Crippen molar-refractivity contribution < 1.29 is 25.7 Å². The number of amides is 1. The number of rotatable bonds is 7. The van der Waals surface area contributed by atoms with Gasteiger partial charge in [-0.25, -0.2) is 0 Å². The zero-order valence-electron chi connectivity index (χ0n) is 10.7. The smallest absolute Gasteiger partial charge is 0.230 e. The van der Waals surface area contributed by atoms with Gasteiger partial charge in [-0.1, -0.05) is 29.3 Å². The lowest BCUT2D eigenvalue weighted by Crippen LogP contribution is -2.95. The molecule has 0 radical (unpaired) electrons. The average Bonchev–Trinajstić information content (AvgIpc) is 2.39. The first kappa shape index (κ1) is 16.7. The Hall–Kier alpha value is -1.34. The van der Waals surface area contributed by atoms with E-state index in [9.17, 15) is 14.7 Å². The topological polar surface area (TPSA) is 113 Å². The molecule has 1 aromatic rings. The molecule has 1 rings (SSSR count). The van der Waals surface area contributed by atoms with Crippen molar-refractivity contribution in [2.24, 2.45) is 0 Å². The molecule has 0 saturated carbocycles. The third-order valence-electron chi connectivity index (χ3n) is 2.59. The van der Waals surface area contributed by atoms with Gasteiger partial charge < -0.3 is 26.3 Å². The molecule has 1 amide bonds. The van der Waals surface area contributed by atoms with Crippen LogP contribution >= 0.6 is 23.2 Å². The Bertz CT molecular complexity index is 497. The number of halogens is 2. The number of anilines is 1. The summed E-state index contributed by atoms with van der Waals surface area (Å²) in [4.78, 5) is 22.7. The number of carbonyl (C=O) groups is 2. The predicted molar refractivity (Wildman–Crippen MR) is 73.1 cm³/mol. The Labute approximate surface area is 126 Å². The van der Waals surface area contributed by atoms with Crippen LogP contribution in [0.4, 0.5) is 5.69 Å². The Morgan fingerprint density at radius 1 is 1.40 bits per heavy atom. The summed E-state index contributed by atoms with van der Waals surface area (Å²) in [5, 5.41) is 15.5. The molecule has 0 fully saturated rings. The van der Waals surface area contributed by atoms with E-state index in [1.54, 1.807) is 18.2 Å². The van der Waals surface area contributed by atoms with Crippen LogP contribution in [0.25, 0.3) is 0 Å². The summed E-state index contributed by atoms with van der Waals surface area (Å²) in [7, 11) is 0. The largest absolute Gasteiger partial charge is 0.544 e. The van der Waals surface area contributed by atoms with Gasteiger partial charge in [0.05, 0.1) is 28.1 Å². The SMILES string of the molecule is [NH3+]CC[NH2+][C@H](CC(=O)Nc1cccc(Cl)c1Cl)C(=O)[O-]. The van der Waals surface area contributed by atoms with E-state index in [0.29, 0.717) is 23.8 Å². The summed E-state index contributed by atoms with van der Waals surface area (Å²) in [6.45, 7) is 1.06. The molecule has 6 N–H and O–H groups in total. The van der Waals surface area contributed by atoms with E-state index in [1.165, 1.54) is 5.32 Å². The van der Waals surface area contributed by atoms with Gasteiger partial charge in [0.25, 0.3) is 0 Å². The van der Waals surface area contributed by atoms with Gasteiger partial charge in [0.15, 0.2) is 0 Å². The monoisotopic (exact) mass is 320 g/mol. The molecule has 0 saturated heterocycles. The molecule has 6 nitrogen and oxygen atoms in total. The van der Waals surface area contributed by atoms with Crippen molar-refractivity contribution >= 4 is 40.8 Å². The molecule has 0 bridgehead atoms. The van der Waals surface area contributed by atoms with Crippen molar-refractivity contribution in [1.29, 1.82) is 0 Å². The van der Waals surface area contributed by atoms with E-state index in [-0.39, 0.29) is 11.4 Å². The molecule has 0 aliphatic rings. The minimum Gasteiger partial charge on any atom is -0.544 e. The maximum atomic E-state index is 11.8. The Morgan fingerprint density at radius 2 is 2.10 bits per heavy atom. The lowest BCUT2D eigenvalue weighted by molar-refractivity contribution is -0.695. The lowest BCUT2D eigenvalue weighted by Gasteiger charge is -2.16. The van der Waals surface area contributed by atoms with E-state index in [0.717, 1.165) is 0 Å². The number of carbonyl (C=O) groups excluding carboxylic acids is 2. The second kappa shape index (κ2) is 8.06. The molecule has 0 aliphatic carbocycles. The van der Waals surface area contributed by atoms with Crippen LogP contribution < -0.4 is 21.5 Å². The van der Waals surface area contributed by atoms with Crippen molar-refractivity contribution in [2.45, 2.75) is 12.5 Å². The third-order valence-corrected chi connectivity index (χ3v) is 3.41. The van der Waals surface area contributed by atoms with Crippen LogP contribution in [0, 0.1) is 0 Å². The average molecular weight is 321 g/mol. The summed E-state index contributed by atoms with van der Waals surface area (Å²) in [6, 6.07) is 3.86. The number of nitrogens with one attached hydrogen (secondary N) is 1. The van der Waals surface area contributed by atoms with E-state index in [4.69, 9.17) is 23.2 Å². The first-order valence-electron chi connectivity index (χ1n) is 6.03. The van der Waals surface area contributed by atoms with E-state index in [2.05, 4.69) is 11.1 Å². The quantitative estimate of drug-likeness (QED) is 0.553. The maximum Gasteiger partial charge on any atom is 0.230 e. The van der Waals surface area contributed by atoms with Gasteiger partial charge in [-0.05, 0) is 12.1 Å². The molecule has 8 heteroatoms. The van der Waals surface area contributed by atoms with Crippen LogP contribution in [0.1, 0.15) is 6.42 Å². The summed E-state index contributed by atoms with van der Waals surface area (Å²) < 4.78 is 0. The molecule has 1 atom stereocenters. The second-order valence-electron chi connectivity index (χ2n) is 4.16. The van der Waals surface area contributed by atoms with Gasteiger partial charge >= 0.3 is 0 Å². The number of carboxylic acid groups (broad SMARTS) is 1. The van der Waals surface area contributed by atoms with Crippen molar-refractivity contribution in [1.82, 2.24) is 0 Å². The second-order valence-corrected chi connectivity index (χ2v) is 4.94. The molecule has 0 heterocycles. The number of nitrogens with two attached hydrogens (primary N) is 1. The lowest BCUT2D eigenvalue weighted by atomic mass is 10.2. The summed E-state index contributed by atoms with van der Waals surface area (Å²) in [5.41, 5.74) is 3.95. The van der Waals surface area contributed by atoms with Crippen molar-refractivity contribution in [3.05, 3.63) is 28.2 Å². The zero-order valence-corrected chi connectivity index (χ0v) is 12.2. The molecular formula is C12H16Cl2N3O3+. The fourth-order valence-corrected chi connectivity index (χ4v) is 1.93. The van der Waals surface area contributed by atoms with Gasteiger partial charge in [-0.3, -0.25) is 4.79 Å². The Balaban J connectivity index is 2.66. The highest BCUT2D eigenvalue weighted by Crippen LogP contribution is 2.29. The van der Waals surface area contributed by atoms with Crippen molar-refractivity contribution in [2.75, 3.05) is 18.4 Å². The van der Waals surface area contributed by atoms with Gasteiger partial charge in [0, 0.05) is 0 Å². The minimum atomic E-state index is -1.29. The molecule has 0 aliphatic heterocycles. The molecule has 20 heavy (non-hydrogen) atoms. The highest BCUT2D eigenvalue weighted by atomic mass is 35.5. The van der Waals surface area contributed by atoms with Gasteiger partial charge in [0.1, 0.15) is 19.1 Å². The van der Waals surface area contributed by atoms with Crippen molar-refractivity contribution in [3.8, 4) is 0 Å². The van der Waals surface area contributed by atoms with Crippen LogP contribution in [-0.2, 0) is 9.59 Å². The number of aliphatic carboxylic acids is 1. The van der Waals surface area contributed by atoms with E-state index < -0.39 is 17.9 Å². The number of carboxylic acids is 1. The van der Waals surface area contributed by atoms with Gasteiger partial charge in [-0.2, -0.15) is 0 Å².